The van der Waals surface area contributed by atoms with Gasteiger partial charge in [0.2, 0.25) is 0 Å². The van der Waals surface area contributed by atoms with Crippen LogP contribution in [0.4, 0.5) is 15.8 Å². The van der Waals surface area contributed by atoms with Crippen LogP contribution in [0, 0.1) is 12.7 Å². The molecule has 0 unspecified atom stereocenters. The van der Waals surface area contributed by atoms with Crippen LogP contribution in [0.15, 0.2) is 40.9 Å². The van der Waals surface area contributed by atoms with Crippen LogP contribution in [0.3, 0.4) is 0 Å². The number of benzene rings is 2. The minimum Gasteiger partial charge on any atom is -0.398 e. The van der Waals surface area contributed by atoms with Crippen molar-refractivity contribution >= 4 is 33.2 Å². The van der Waals surface area contributed by atoms with Gasteiger partial charge in [-0.25, -0.2) is 4.39 Å². The van der Waals surface area contributed by atoms with Gasteiger partial charge in [-0.2, -0.15) is 0 Å². The fourth-order valence-corrected chi connectivity index (χ4v) is 2.18. The van der Waals surface area contributed by atoms with Gasteiger partial charge in [0.05, 0.1) is 5.56 Å². The summed E-state index contributed by atoms with van der Waals surface area (Å²) in [6.45, 7) is 1.82. The van der Waals surface area contributed by atoms with E-state index in [1.165, 1.54) is 18.2 Å². The highest BCUT2D eigenvalue weighted by molar-refractivity contribution is 9.10. The predicted molar refractivity (Wildman–Crippen MR) is 77.6 cm³/mol. The number of halogens is 2. The molecule has 3 nitrogen and oxygen atoms in total. The van der Waals surface area contributed by atoms with Crippen molar-refractivity contribution in [3.8, 4) is 0 Å². The normalized spacial score (nSPS) is 10.3. The number of rotatable bonds is 2. The summed E-state index contributed by atoms with van der Waals surface area (Å²) in [5.41, 5.74) is 8.19. The van der Waals surface area contributed by atoms with Crippen LogP contribution in [-0.4, -0.2) is 5.91 Å². The molecule has 0 radical (unpaired) electrons. The zero-order valence-corrected chi connectivity index (χ0v) is 11.8. The highest BCUT2D eigenvalue weighted by atomic mass is 79.9. The smallest absolute Gasteiger partial charge is 0.256 e. The second-order valence-corrected chi connectivity index (χ2v) is 4.95. The van der Waals surface area contributed by atoms with Gasteiger partial charge in [-0.1, -0.05) is 6.07 Å². The fraction of sp³-hybridized carbons (Fsp3) is 0.0714. The molecule has 3 N–H and O–H groups in total. The Bertz CT molecular complexity index is 643. The minimum absolute atomic E-state index is 0.319. The van der Waals surface area contributed by atoms with Gasteiger partial charge in [0, 0.05) is 15.8 Å². The van der Waals surface area contributed by atoms with Gasteiger partial charge in [-0.3, -0.25) is 4.79 Å². The molecule has 0 bridgehead atoms. The Kier molecular flexibility index (Phi) is 3.85. The summed E-state index contributed by atoms with van der Waals surface area (Å²) in [7, 11) is 0. The second-order valence-electron chi connectivity index (χ2n) is 4.10. The maximum atomic E-state index is 13.0. The van der Waals surface area contributed by atoms with Crippen LogP contribution >= 0.6 is 15.9 Å². The van der Waals surface area contributed by atoms with Gasteiger partial charge in [-0.05, 0) is 58.7 Å². The number of amides is 1. The summed E-state index contributed by atoms with van der Waals surface area (Å²) in [4.78, 5) is 12.1. The standard InChI is InChI=1S/C14H12BrFN2O/c1-8-12(17)3-2-4-13(8)18-14(19)10-6-5-9(16)7-11(10)15/h2-7H,17H2,1H3,(H,18,19). The zero-order valence-electron chi connectivity index (χ0n) is 10.2. The molecule has 2 aromatic rings. The molecule has 19 heavy (non-hydrogen) atoms. The van der Waals surface area contributed by atoms with E-state index in [0.29, 0.717) is 21.4 Å². The SMILES string of the molecule is Cc1c(N)cccc1NC(=O)c1ccc(F)cc1Br. The zero-order chi connectivity index (χ0) is 14.0. The van der Waals surface area contributed by atoms with Crippen molar-refractivity contribution in [3.05, 3.63) is 57.8 Å². The third kappa shape index (κ3) is 2.93. The third-order valence-corrected chi connectivity index (χ3v) is 3.46. The molecular formula is C14H12BrFN2O. The first-order valence-electron chi connectivity index (χ1n) is 5.60. The van der Waals surface area contributed by atoms with E-state index in [9.17, 15) is 9.18 Å². The van der Waals surface area contributed by atoms with E-state index in [-0.39, 0.29) is 5.91 Å². The Morgan fingerprint density at radius 1 is 1.32 bits per heavy atom. The molecule has 98 valence electrons. The van der Waals surface area contributed by atoms with Crippen LogP contribution in [0.1, 0.15) is 15.9 Å². The number of carbonyl (C=O) groups is 1. The maximum Gasteiger partial charge on any atom is 0.256 e. The van der Waals surface area contributed by atoms with Crippen molar-refractivity contribution < 1.29 is 9.18 Å². The molecule has 0 aliphatic carbocycles. The third-order valence-electron chi connectivity index (χ3n) is 2.80. The highest BCUT2D eigenvalue weighted by Crippen LogP contribution is 2.23. The van der Waals surface area contributed by atoms with E-state index < -0.39 is 5.82 Å². The van der Waals surface area contributed by atoms with Crippen LogP contribution in [-0.2, 0) is 0 Å². The minimum atomic E-state index is -0.399. The first kappa shape index (κ1) is 13.5. The molecule has 1 amide bonds. The van der Waals surface area contributed by atoms with E-state index in [0.717, 1.165) is 5.56 Å². The molecule has 0 spiro atoms. The van der Waals surface area contributed by atoms with Crippen molar-refractivity contribution in [1.82, 2.24) is 0 Å². The Morgan fingerprint density at radius 3 is 2.74 bits per heavy atom. The van der Waals surface area contributed by atoms with Crippen LogP contribution in [0.2, 0.25) is 0 Å². The first-order valence-corrected chi connectivity index (χ1v) is 6.40. The number of nitrogen functional groups attached to an aromatic ring is 1. The van der Waals surface area contributed by atoms with Crippen LogP contribution in [0.5, 0.6) is 0 Å². The molecule has 2 rings (SSSR count). The largest absolute Gasteiger partial charge is 0.398 e. The quantitative estimate of drug-likeness (QED) is 0.828. The van der Waals surface area contributed by atoms with Crippen molar-refractivity contribution in [3.63, 3.8) is 0 Å². The monoisotopic (exact) mass is 322 g/mol. The lowest BCUT2D eigenvalue weighted by Crippen LogP contribution is -2.14. The van der Waals surface area contributed by atoms with Gasteiger partial charge < -0.3 is 11.1 Å². The lowest BCUT2D eigenvalue weighted by atomic mass is 10.1. The second kappa shape index (κ2) is 5.40. The molecule has 0 aliphatic rings. The summed E-state index contributed by atoms with van der Waals surface area (Å²) in [5, 5.41) is 2.76. The molecule has 0 fully saturated rings. The van der Waals surface area contributed by atoms with Crippen LogP contribution in [0.25, 0.3) is 0 Å². The molecule has 5 heteroatoms. The summed E-state index contributed by atoms with van der Waals surface area (Å²) >= 11 is 3.17. The lowest BCUT2D eigenvalue weighted by Gasteiger charge is -2.11. The predicted octanol–water partition coefficient (Wildman–Crippen LogP) is 3.73. The van der Waals surface area contributed by atoms with Gasteiger partial charge in [0.1, 0.15) is 5.82 Å². The van der Waals surface area contributed by atoms with E-state index in [4.69, 9.17) is 5.73 Å². The van der Waals surface area contributed by atoms with E-state index in [1.54, 1.807) is 18.2 Å². The molecule has 0 aliphatic heterocycles. The number of hydrogen-bond acceptors (Lipinski definition) is 2. The topological polar surface area (TPSA) is 55.1 Å². The number of nitrogens with two attached hydrogens (primary N) is 1. The number of nitrogens with one attached hydrogen (secondary N) is 1. The van der Waals surface area contributed by atoms with Crippen molar-refractivity contribution in [2.45, 2.75) is 6.92 Å². The van der Waals surface area contributed by atoms with E-state index >= 15 is 0 Å². The average molecular weight is 323 g/mol. The van der Waals surface area contributed by atoms with Gasteiger partial charge in [0.15, 0.2) is 0 Å². The van der Waals surface area contributed by atoms with E-state index in [1.807, 2.05) is 6.92 Å². The summed E-state index contributed by atoms with van der Waals surface area (Å²) in [5.74, 6) is -0.718. The fourth-order valence-electron chi connectivity index (χ4n) is 1.65. The Labute approximate surface area is 118 Å². The molecule has 0 atom stereocenters. The first-order chi connectivity index (χ1) is 8.99. The van der Waals surface area contributed by atoms with Crippen molar-refractivity contribution in [2.75, 3.05) is 11.1 Å². The number of anilines is 2. The number of hydrogen-bond donors (Lipinski definition) is 2. The van der Waals surface area contributed by atoms with Crippen LogP contribution < -0.4 is 11.1 Å². The summed E-state index contributed by atoms with van der Waals surface area (Å²) < 4.78 is 13.4. The summed E-state index contributed by atoms with van der Waals surface area (Å²) in [6, 6.07) is 9.21. The molecule has 0 saturated carbocycles. The van der Waals surface area contributed by atoms with Gasteiger partial charge in [0.25, 0.3) is 5.91 Å². The van der Waals surface area contributed by atoms with Crippen molar-refractivity contribution in [1.29, 1.82) is 0 Å². The Balaban J connectivity index is 2.28. The number of carbonyl (C=O) groups excluding carboxylic acids is 1. The van der Waals surface area contributed by atoms with Crippen molar-refractivity contribution in [2.24, 2.45) is 0 Å². The molecule has 0 heterocycles. The molecular weight excluding hydrogens is 311 g/mol. The molecule has 0 aromatic heterocycles. The van der Waals surface area contributed by atoms with Gasteiger partial charge >= 0.3 is 0 Å². The average Bonchev–Trinajstić information content (AvgIpc) is 2.34. The molecule has 2 aromatic carbocycles. The van der Waals surface area contributed by atoms with E-state index in [2.05, 4.69) is 21.2 Å². The summed E-state index contributed by atoms with van der Waals surface area (Å²) in [6.07, 6.45) is 0. The lowest BCUT2D eigenvalue weighted by molar-refractivity contribution is 0.102. The Morgan fingerprint density at radius 2 is 2.05 bits per heavy atom. The highest BCUT2D eigenvalue weighted by Gasteiger charge is 2.12. The molecule has 0 saturated heterocycles. The Hall–Kier alpha value is -1.88. The maximum absolute atomic E-state index is 13.0. The van der Waals surface area contributed by atoms with Gasteiger partial charge in [-0.15, -0.1) is 0 Å².